The Morgan fingerprint density at radius 3 is 2.66 bits per heavy atom. The van der Waals surface area contributed by atoms with Crippen LogP contribution in [0.15, 0.2) is 59.2 Å². The second-order valence-corrected chi connectivity index (χ2v) is 7.60. The number of hydrogen-bond acceptors (Lipinski definition) is 6. The predicted octanol–water partition coefficient (Wildman–Crippen LogP) is 1.48. The van der Waals surface area contributed by atoms with Gasteiger partial charge in [0.1, 0.15) is 17.3 Å². The van der Waals surface area contributed by atoms with Crippen molar-refractivity contribution in [1.82, 2.24) is 10.6 Å². The molecular weight excluding hydrogens is 411 g/mol. The fraction of sp³-hybridized carbons (Fsp3) is 0.304. The fourth-order valence-electron chi connectivity index (χ4n) is 3.40. The van der Waals surface area contributed by atoms with E-state index >= 15 is 0 Å². The Hall–Kier alpha value is -3.30. The van der Waals surface area contributed by atoms with Gasteiger partial charge in [-0.25, -0.2) is 0 Å². The Balaban J connectivity index is 1.54. The maximum Gasteiger partial charge on any atom is 0.475 e. The van der Waals surface area contributed by atoms with Crippen molar-refractivity contribution in [3.05, 3.63) is 65.9 Å². The average Bonchev–Trinajstić information content (AvgIpc) is 3.20. The number of amides is 2. The molecule has 1 aromatic heterocycles. The topological polar surface area (TPSA) is 121 Å². The van der Waals surface area contributed by atoms with E-state index in [1.54, 1.807) is 13.2 Å². The van der Waals surface area contributed by atoms with Crippen LogP contribution >= 0.6 is 0 Å². The zero-order chi connectivity index (χ0) is 23.1. The summed E-state index contributed by atoms with van der Waals surface area (Å²) >= 11 is 0. The molecule has 0 saturated heterocycles. The lowest BCUT2D eigenvalue weighted by molar-refractivity contribution is -0.134. The Labute approximate surface area is 186 Å². The molecule has 0 aliphatic heterocycles. The predicted molar refractivity (Wildman–Crippen MR) is 121 cm³/mol. The summed E-state index contributed by atoms with van der Waals surface area (Å²) in [4.78, 5) is 25.0. The molecule has 0 spiro atoms. The van der Waals surface area contributed by atoms with Crippen molar-refractivity contribution in [2.75, 3.05) is 13.7 Å². The van der Waals surface area contributed by atoms with Gasteiger partial charge in [-0.1, -0.05) is 30.3 Å². The van der Waals surface area contributed by atoms with E-state index in [1.807, 2.05) is 42.5 Å². The summed E-state index contributed by atoms with van der Waals surface area (Å²) in [6, 6.07) is 14.9. The van der Waals surface area contributed by atoms with Crippen LogP contribution < -0.4 is 15.4 Å². The zero-order valence-corrected chi connectivity index (χ0v) is 18.1. The average molecular weight is 438 g/mol. The first kappa shape index (κ1) is 23.4. The van der Waals surface area contributed by atoms with Crippen LogP contribution in [0.4, 0.5) is 0 Å². The molecule has 8 nitrogen and oxygen atoms in total. The second kappa shape index (κ2) is 10.8. The van der Waals surface area contributed by atoms with E-state index in [1.165, 1.54) is 13.2 Å². The Kier molecular flexibility index (Phi) is 7.91. The first-order valence-corrected chi connectivity index (χ1v) is 10.4. The van der Waals surface area contributed by atoms with E-state index in [0.29, 0.717) is 18.5 Å². The number of fused-ring (bicyclic) bond motifs is 1. The molecule has 0 bridgehead atoms. The van der Waals surface area contributed by atoms with Gasteiger partial charge in [0.05, 0.1) is 19.3 Å². The summed E-state index contributed by atoms with van der Waals surface area (Å²) in [5.74, 6) is -2.28. The standard InChI is InChI=1S/C23H27BN2O6/c1-15(22(27)25-11-10-16-6-5-7-18(12-16)31-2)23(28)26-21(24(29)30)13-17-14-32-20-9-4-3-8-19(17)20/h3-9,12,14-15,21,29-30H,10-11,13H2,1-2H3,(H,25,27)(H,26,28)/t15?,21-/m0/s1. The molecule has 0 aliphatic carbocycles. The molecule has 168 valence electrons. The van der Waals surface area contributed by atoms with Crippen LogP contribution in [0.5, 0.6) is 5.75 Å². The van der Waals surface area contributed by atoms with Crippen molar-refractivity contribution in [2.24, 2.45) is 5.92 Å². The maximum atomic E-state index is 12.6. The summed E-state index contributed by atoms with van der Waals surface area (Å²) in [6.07, 6.45) is 2.26. The number of nitrogens with one attached hydrogen (secondary N) is 2. The maximum absolute atomic E-state index is 12.6. The highest BCUT2D eigenvalue weighted by atomic mass is 16.5. The van der Waals surface area contributed by atoms with Crippen LogP contribution in [0.2, 0.25) is 0 Å². The van der Waals surface area contributed by atoms with Gasteiger partial charge in [0.25, 0.3) is 0 Å². The SMILES string of the molecule is COc1cccc(CCNC(=O)C(C)C(=O)N[C@@H](Cc2coc3ccccc23)B(O)O)c1. The van der Waals surface area contributed by atoms with Crippen LogP contribution in [0.3, 0.4) is 0 Å². The molecule has 2 atom stereocenters. The number of methoxy groups -OCH3 is 1. The smallest absolute Gasteiger partial charge is 0.475 e. The highest BCUT2D eigenvalue weighted by Crippen LogP contribution is 2.22. The van der Waals surface area contributed by atoms with Crippen molar-refractivity contribution in [3.8, 4) is 5.75 Å². The highest BCUT2D eigenvalue weighted by Gasteiger charge is 2.30. The van der Waals surface area contributed by atoms with Crippen molar-refractivity contribution < 1.29 is 28.8 Å². The number of carbonyl (C=O) groups is 2. The van der Waals surface area contributed by atoms with E-state index in [0.717, 1.165) is 22.3 Å². The van der Waals surface area contributed by atoms with Gasteiger partial charge in [-0.05, 0) is 49.1 Å². The Morgan fingerprint density at radius 2 is 1.91 bits per heavy atom. The van der Waals surface area contributed by atoms with E-state index < -0.39 is 30.8 Å². The van der Waals surface area contributed by atoms with E-state index in [-0.39, 0.29) is 6.42 Å². The lowest BCUT2D eigenvalue weighted by atomic mass is 9.75. The third-order valence-electron chi connectivity index (χ3n) is 5.32. The van der Waals surface area contributed by atoms with Crippen LogP contribution in [-0.2, 0) is 22.4 Å². The first-order chi connectivity index (χ1) is 15.4. The minimum atomic E-state index is -1.80. The molecule has 0 saturated carbocycles. The molecule has 9 heteroatoms. The summed E-state index contributed by atoms with van der Waals surface area (Å²) in [5.41, 5.74) is 2.40. The van der Waals surface area contributed by atoms with E-state index in [2.05, 4.69) is 10.6 Å². The number of ether oxygens (including phenoxy) is 1. The molecule has 2 amide bonds. The summed E-state index contributed by atoms with van der Waals surface area (Å²) in [6.45, 7) is 1.83. The Bertz CT molecular complexity index is 1070. The van der Waals surface area contributed by atoms with Gasteiger partial charge < -0.3 is 29.8 Å². The highest BCUT2D eigenvalue weighted by molar-refractivity contribution is 6.43. The lowest BCUT2D eigenvalue weighted by Crippen LogP contribution is -2.51. The van der Waals surface area contributed by atoms with Gasteiger partial charge in [0, 0.05) is 11.9 Å². The monoisotopic (exact) mass is 438 g/mol. The van der Waals surface area contributed by atoms with Crippen molar-refractivity contribution in [1.29, 1.82) is 0 Å². The minimum absolute atomic E-state index is 0.143. The van der Waals surface area contributed by atoms with Crippen molar-refractivity contribution in [2.45, 2.75) is 25.7 Å². The van der Waals surface area contributed by atoms with Crippen LogP contribution in [-0.4, -0.2) is 48.6 Å². The largest absolute Gasteiger partial charge is 0.497 e. The van der Waals surface area contributed by atoms with Crippen LogP contribution in [0.1, 0.15) is 18.1 Å². The fourth-order valence-corrected chi connectivity index (χ4v) is 3.40. The molecule has 2 aromatic carbocycles. The third kappa shape index (κ3) is 5.90. The minimum Gasteiger partial charge on any atom is -0.497 e. The van der Waals surface area contributed by atoms with E-state index in [4.69, 9.17) is 9.15 Å². The molecule has 1 heterocycles. The van der Waals surface area contributed by atoms with Crippen molar-refractivity contribution >= 4 is 29.9 Å². The van der Waals surface area contributed by atoms with Gasteiger partial charge >= 0.3 is 7.12 Å². The van der Waals surface area contributed by atoms with Gasteiger partial charge in [-0.2, -0.15) is 0 Å². The normalized spacial score (nSPS) is 12.8. The molecule has 3 rings (SSSR count). The number of carbonyl (C=O) groups excluding carboxylic acids is 2. The third-order valence-corrected chi connectivity index (χ3v) is 5.32. The van der Waals surface area contributed by atoms with E-state index in [9.17, 15) is 19.6 Å². The Morgan fingerprint density at radius 1 is 1.12 bits per heavy atom. The summed E-state index contributed by atoms with van der Waals surface area (Å²) in [5, 5.41) is 25.7. The first-order valence-electron chi connectivity index (χ1n) is 10.4. The lowest BCUT2D eigenvalue weighted by Gasteiger charge is -2.20. The van der Waals surface area contributed by atoms with Gasteiger partial charge in [-0.3, -0.25) is 9.59 Å². The van der Waals surface area contributed by atoms with Gasteiger partial charge in [0.15, 0.2) is 0 Å². The summed E-state index contributed by atoms with van der Waals surface area (Å²) < 4.78 is 10.6. The number of rotatable bonds is 10. The van der Waals surface area contributed by atoms with Gasteiger partial charge in [-0.15, -0.1) is 0 Å². The quantitative estimate of drug-likeness (QED) is 0.281. The molecular formula is C23H27BN2O6. The molecule has 0 radical (unpaired) electrons. The van der Waals surface area contributed by atoms with Crippen LogP contribution in [0, 0.1) is 5.92 Å². The molecule has 1 unspecified atom stereocenters. The zero-order valence-electron chi connectivity index (χ0n) is 18.1. The summed E-state index contributed by atoms with van der Waals surface area (Å²) in [7, 11) is -0.205. The van der Waals surface area contributed by atoms with Crippen molar-refractivity contribution in [3.63, 3.8) is 0 Å². The van der Waals surface area contributed by atoms with Gasteiger partial charge in [0.2, 0.25) is 11.8 Å². The molecule has 32 heavy (non-hydrogen) atoms. The number of para-hydroxylation sites is 1. The number of hydrogen-bond donors (Lipinski definition) is 4. The number of furan rings is 1. The van der Waals surface area contributed by atoms with Crippen LogP contribution in [0.25, 0.3) is 11.0 Å². The number of benzene rings is 2. The molecule has 0 fully saturated rings. The second-order valence-electron chi connectivity index (χ2n) is 7.60. The molecule has 0 aliphatic rings. The molecule has 3 aromatic rings. The molecule has 4 N–H and O–H groups in total.